The third-order valence-electron chi connectivity index (χ3n) is 17.3. The summed E-state index contributed by atoms with van der Waals surface area (Å²) in [5.41, 5.74) is -2.94. The van der Waals surface area contributed by atoms with Gasteiger partial charge in [-0.3, -0.25) is 9.59 Å². The number of aliphatic hydroxyl groups is 1. The highest BCUT2D eigenvalue weighted by Gasteiger charge is 2.89. The number of carbonyl (C=O) groups is 3. The molecular formula is C54H112O7Si4. The predicted molar refractivity (Wildman–Crippen MR) is 293 cm³/mol. The molecule has 0 fully saturated rings. The minimum atomic E-state index is -3.57. The van der Waals surface area contributed by atoms with E-state index in [0.29, 0.717) is 72.5 Å². The van der Waals surface area contributed by atoms with Gasteiger partial charge in [-0.1, -0.05) is 310 Å². The zero-order chi connectivity index (χ0) is 49.7. The molecule has 0 saturated heterocycles. The lowest BCUT2D eigenvalue weighted by Crippen LogP contribution is -2.86. The van der Waals surface area contributed by atoms with Crippen LogP contribution in [0.2, 0.25) is 81.9 Å². The molecule has 0 aliphatic carbocycles. The Kier molecular flexibility index (Phi) is 32.6. The van der Waals surface area contributed by atoms with E-state index in [1.165, 1.54) is 0 Å². The molecule has 0 rings (SSSR count). The lowest BCUT2D eigenvalue weighted by Gasteiger charge is -2.71. The van der Waals surface area contributed by atoms with Gasteiger partial charge >= 0.3 is 17.9 Å². The van der Waals surface area contributed by atoms with E-state index in [9.17, 15) is 15.3 Å². The van der Waals surface area contributed by atoms with Crippen molar-refractivity contribution in [2.75, 3.05) is 0 Å². The van der Waals surface area contributed by atoms with Crippen LogP contribution in [-0.4, -0.2) is 76.2 Å². The van der Waals surface area contributed by atoms with Crippen molar-refractivity contribution in [2.24, 2.45) is 0 Å². The molecule has 386 valence electrons. The Bertz CT molecular complexity index is 1050. The molecule has 11 heteroatoms. The molecule has 0 heterocycles. The van der Waals surface area contributed by atoms with Crippen molar-refractivity contribution in [1.29, 1.82) is 0 Å². The second-order valence-corrected chi connectivity index (χ2v) is 41.7. The summed E-state index contributed by atoms with van der Waals surface area (Å²) < 4.78 is -4.00. The maximum absolute atomic E-state index is 16.5. The molecule has 0 unspecified atom stereocenters. The van der Waals surface area contributed by atoms with Crippen molar-refractivity contribution in [3.05, 3.63) is 0 Å². The molecule has 0 spiro atoms. The van der Waals surface area contributed by atoms with Crippen LogP contribution in [-0.2, 0) is 14.4 Å². The smallest absolute Gasteiger partial charge is 0.336 e. The van der Waals surface area contributed by atoms with E-state index in [1.54, 1.807) is 0 Å². The number of unbranched alkanes of at least 4 members (excludes halogenated alkanes) is 12. The van der Waals surface area contributed by atoms with Crippen molar-refractivity contribution >= 4 is 50.2 Å². The Balaban J connectivity index is 11.3. The van der Waals surface area contributed by atoms with E-state index >= 15 is 19.5 Å². The van der Waals surface area contributed by atoms with E-state index in [2.05, 4.69) is 83.1 Å². The first-order chi connectivity index (χ1) is 31.1. The Morgan fingerprint density at radius 1 is 0.277 bits per heavy atom. The second-order valence-electron chi connectivity index (χ2n) is 21.5. The van der Waals surface area contributed by atoms with Gasteiger partial charge in [0.25, 0.3) is 0 Å². The highest BCUT2D eigenvalue weighted by molar-refractivity contribution is 7.10. The van der Waals surface area contributed by atoms with E-state index in [0.717, 1.165) is 154 Å². The molecule has 0 aromatic carbocycles. The van der Waals surface area contributed by atoms with Crippen molar-refractivity contribution < 1.29 is 34.8 Å². The van der Waals surface area contributed by atoms with Gasteiger partial charge in [0.15, 0.2) is 5.60 Å². The largest absolute Gasteiger partial charge is 0.481 e. The van der Waals surface area contributed by atoms with Crippen molar-refractivity contribution in [2.45, 2.75) is 325 Å². The number of rotatable bonds is 45. The lowest BCUT2D eigenvalue weighted by molar-refractivity contribution is -0.177. The van der Waals surface area contributed by atoms with Crippen molar-refractivity contribution in [3.8, 4) is 0 Å². The molecule has 0 aliphatic rings. The molecule has 0 aromatic heterocycles. The summed E-state index contributed by atoms with van der Waals surface area (Å²) in [5, 5.41) is 56.2. The van der Waals surface area contributed by atoms with Crippen LogP contribution in [0.3, 0.4) is 0 Å². The Morgan fingerprint density at radius 3 is 0.477 bits per heavy atom. The summed E-state index contributed by atoms with van der Waals surface area (Å²) in [7, 11) is -14.3. The fraction of sp³-hybridized carbons (Fsp3) is 0.944. The van der Waals surface area contributed by atoms with Gasteiger partial charge in [0.2, 0.25) is 0 Å². The third-order valence-corrected chi connectivity index (χ3v) is 48.1. The molecule has 0 saturated carbocycles. The normalized spacial score (nSPS) is 13.4. The molecule has 0 aliphatic heterocycles. The van der Waals surface area contributed by atoms with Gasteiger partial charge in [0.1, 0.15) is 0 Å². The monoisotopic (exact) mass is 985 g/mol. The molecule has 0 bridgehead atoms. The molecule has 0 atom stereocenters. The fourth-order valence-corrected chi connectivity index (χ4v) is 54.3. The van der Waals surface area contributed by atoms with E-state index in [1.807, 2.05) is 0 Å². The van der Waals surface area contributed by atoms with Crippen LogP contribution >= 0.6 is 0 Å². The van der Waals surface area contributed by atoms with Crippen LogP contribution in [0.4, 0.5) is 0 Å². The molecule has 0 radical (unpaired) electrons. The van der Waals surface area contributed by atoms with Crippen molar-refractivity contribution in [1.82, 2.24) is 0 Å². The summed E-state index contributed by atoms with van der Waals surface area (Å²) in [5.74, 6) is -3.61. The topological polar surface area (TPSA) is 132 Å². The minimum Gasteiger partial charge on any atom is -0.481 e. The van der Waals surface area contributed by atoms with Crippen LogP contribution in [0, 0.1) is 0 Å². The van der Waals surface area contributed by atoms with Crippen molar-refractivity contribution in [3.63, 3.8) is 0 Å². The number of hydrogen-bond acceptors (Lipinski definition) is 4. The standard InChI is InChI=1S/C54H112O7Si4/c1-13-25-37-62(38-26-14-2,39-27-15-3)53(50(57)58,63(40-28-16-4,41-29-17-5)42-30-18-6)52(61,49(55)56)54(51(59)60,64(43-31-19-7,44-32-20-8)45-33-21-9)65(46-34-22-10,47-35-23-11)48-36-24-12/h61H,13-48H2,1-12H3,(H,55,56)(H,57,58)(H,59,60). The average molecular weight is 986 g/mol. The van der Waals surface area contributed by atoms with E-state index in [4.69, 9.17) is 0 Å². The van der Waals surface area contributed by atoms with Gasteiger partial charge in [-0.15, -0.1) is 0 Å². The van der Waals surface area contributed by atoms with Crippen LogP contribution in [0.15, 0.2) is 0 Å². The average Bonchev–Trinajstić information content (AvgIpc) is 3.29. The van der Waals surface area contributed by atoms with Gasteiger partial charge in [0.05, 0.1) is 41.6 Å². The Hall–Kier alpha value is -0.762. The maximum Gasteiger partial charge on any atom is 0.336 e. The Morgan fingerprint density at radius 2 is 0.400 bits per heavy atom. The molecule has 65 heavy (non-hydrogen) atoms. The molecular weight excluding hydrogens is 873 g/mol. The van der Waals surface area contributed by atoms with Crippen LogP contribution < -0.4 is 0 Å². The quantitative estimate of drug-likeness (QED) is 0.0447. The summed E-state index contributed by atoms with van der Waals surface area (Å²) in [4.78, 5) is 49.4. The molecule has 4 N–H and O–H groups in total. The first-order valence-corrected chi connectivity index (χ1v) is 39.0. The summed E-state index contributed by atoms with van der Waals surface area (Å²) >= 11 is 0. The summed E-state index contributed by atoms with van der Waals surface area (Å²) in [6.45, 7) is 26.1. The number of hydrogen-bond donors (Lipinski definition) is 4. The zero-order valence-electron chi connectivity index (χ0n) is 45.5. The highest BCUT2D eigenvalue weighted by Crippen LogP contribution is 2.76. The zero-order valence-corrected chi connectivity index (χ0v) is 49.5. The lowest BCUT2D eigenvalue weighted by atomic mass is 9.91. The molecule has 7 nitrogen and oxygen atoms in total. The summed E-state index contributed by atoms with van der Waals surface area (Å²) in [6.07, 6.45) is 19.8. The van der Waals surface area contributed by atoms with Gasteiger partial charge in [0, 0.05) is 0 Å². The van der Waals surface area contributed by atoms with E-state index < -0.39 is 65.1 Å². The van der Waals surface area contributed by atoms with Gasteiger partial charge < -0.3 is 20.4 Å². The van der Waals surface area contributed by atoms with Crippen LogP contribution in [0.5, 0.6) is 0 Å². The van der Waals surface area contributed by atoms with Crippen LogP contribution in [0.25, 0.3) is 0 Å². The van der Waals surface area contributed by atoms with Crippen LogP contribution in [0.1, 0.15) is 237 Å². The molecule has 0 aromatic rings. The SMILES string of the molecule is CCCC[Si](CCCC)(CCCC)C(C(=O)O)(C(O)(C(=O)O)C(C(=O)O)([Si](CCCC)(CCCC)CCCC)[Si](CCCC)(CCCC)CCCC)[Si](CCCC)(CCCC)CCCC. The van der Waals surface area contributed by atoms with E-state index in [-0.39, 0.29) is 0 Å². The Labute approximate surface area is 407 Å². The first-order valence-electron chi connectivity index (χ1n) is 28.5. The first kappa shape index (κ1) is 64.2. The predicted octanol–water partition coefficient (Wildman–Crippen LogP) is 17.9. The number of carboxylic acids is 3. The third kappa shape index (κ3) is 13.8. The maximum atomic E-state index is 16.5. The van der Waals surface area contributed by atoms with Gasteiger partial charge in [-0.05, 0) is 0 Å². The van der Waals surface area contributed by atoms with Gasteiger partial charge in [-0.25, -0.2) is 4.79 Å². The number of aliphatic carboxylic acids is 3. The summed E-state index contributed by atoms with van der Waals surface area (Å²) in [6, 6.07) is 7.85. The fourth-order valence-electron chi connectivity index (χ4n) is 14.4. The number of carboxylic acid groups (broad SMARTS) is 3. The minimum absolute atomic E-state index is 0.654. The molecule has 0 amide bonds. The van der Waals surface area contributed by atoms with Gasteiger partial charge in [-0.2, -0.15) is 0 Å². The second kappa shape index (κ2) is 32.9. The highest BCUT2D eigenvalue weighted by atomic mass is 28.4.